The lowest BCUT2D eigenvalue weighted by atomic mass is 10.1. The fourth-order valence-electron chi connectivity index (χ4n) is 1.02. The first-order chi connectivity index (χ1) is 7.29. The van der Waals surface area contributed by atoms with Gasteiger partial charge in [0.05, 0.1) is 10.0 Å². The standard InChI is InChI=1S/C8H4BrF4NO2/c9-2-5(12)3(10)1(4(11)6(2)13)7(14)8(15)16/h7H,14H2,(H,15,16). The molecule has 1 aromatic carbocycles. The predicted molar refractivity (Wildman–Crippen MR) is 48.5 cm³/mol. The van der Waals surface area contributed by atoms with Crippen molar-refractivity contribution >= 4 is 21.9 Å². The molecule has 0 bridgehead atoms. The van der Waals surface area contributed by atoms with Gasteiger partial charge in [-0.05, 0) is 15.9 Å². The molecule has 0 aliphatic rings. The van der Waals surface area contributed by atoms with Gasteiger partial charge < -0.3 is 10.8 Å². The molecule has 0 heterocycles. The Hall–Kier alpha value is -1.15. The Balaban J connectivity index is 3.57. The molecule has 1 aromatic rings. The summed E-state index contributed by atoms with van der Waals surface area (Å²) in [6.07, 6.45) is 0. The first-order valence-corrected chi connectivity index (χ1v) is 4.58. The maximum absolute atomic E-state index is 13.2. The molecular weight excluding hydrogens is 298 g/mol. The zero-order valence-electron chi connectivity index (χ0n) is 7.40. The van der Waals surface area contributed by atoms with Crippen LogP contribution in [0.4, 0.5) is 17.6 Å². The number of benzene rings is 1. The van der Waals surface area contributed by atoms with Crippen LogP contribution in [0.3, 0.4) is 0 Å². The number of aliphatic carboxylic acids is 1. The minimum Gasteiger partial charge on any atom is -0.480 e. The monoisotopic (exact) mass is 301 g/mol. The third-order valence-electron chi connectivity index (χ3n) is 1.82. The van der Waals surface area contributed by atoms with Crippen LogP contribution in [0.1, 0.15) is 11.6 Å². The third-order valence-corrected chi connectivity index (χ3v) is 2.52. The topological polar surface area (TPSA) is 63.3 Å². The van der Waals surface area contributed by atoms with Crippen LogP contribution in [-0.4, -0.2) is 11.1 Å². The van der Waals surface area contributed by atoms with Gasteiger partial charge in [0.25, 0.3) is 0 Å². The van der Waals surface area contributed by atoms with E-state index in [1.807, 2.05) is 0 Å². The summed E-state index contributed by atoms with van der Waals surface area (Å²) in [6, 6.07) is -2.18. The van der Waals surface area contributed by atoms with Crippen molar-refractivity contribution in [1.29, 1.82) is 0 Å². The zero-order valence-corrected chi connectivity index (χ0v) is 8.99. The highest BCUT2D eigenvalue weighted by Crippen LogP contribution is 2.30. The fraction of sp³-hybridized carbons (Fsp3) is 0.125. The highest BCUT2D eigenvalue weighted by molar-refractivity contribution is 9.10. The number of carboxylic acid groups (broad SMARTS) is 1. The SMILES string of the molecule is NC(C(=O)O)c1c(F)c(F)c(Br)c(F)c1F. The quantitative estimate of drug-likeness (QED) is 0.499. The van der Waals surface area contributed by atoms with Gasteiger partial charge in [0, 0.05) is 0 Å². The molecule has 0 aromatic heterocycles. The van der Waals surface area contributed by atoms with E-state index in [1.54, 1.807) is 0 Å². The van der Waals surface area contributed by atoms with Crippen molar-refractivity contribution < 1.29 is 27.5 Å². The molecule has 1 atom stereocenters. The Morgan fingerprint density at radius 2 is 1.50 bits per heavy atom. The van der Waals surface area contributed by atoms with E-state index in [0.29, 0.717) is 0 Å². The average Bonchev–Trinajstić information content (AvgIpc) is 2.23. The van der Waals surface area contributed by atoms with Gasteiger partial charge in [0.1, 0.15) is 6.04 Å². The van der Waals surface area contributed by atoms with E-state index in [9.17, 15) is 22.4 Å². The smallest absolute Gasteiger partial charge is 0.325 e. The normalized spacial score (nSPS) is 12.6. The average molecular weight is 302 g/mol. The van der Waals surface area contributed by atoms with Crippen molar-refractivity contribution in [1.82, 2.24) is 0 Å². The molecule has 0 aliphatic carbocycles. The lowest BCUT2D eigenvalue weighted by Crippen LogP contribution is -2.24. The second-order valence-electron chi connectivity index (χ2n) is 2.80. The van der Waals surface area contributed by atoms with Gasteiger partial charge in [-0.1, -0.05) is 0 Å². The van der Waals surface area contributed by atoms with Crippen LogP contribution < -0.4 is 5.73 Å². The van der Waals surface area contributed by atoms with Gasteiger partial charge in [-0.3, -0.25) is 4.79 Å². The number of carbonyl (C=O) groups is 1. The molecular formula is C8H4BrF4NO2. The first kappa shape index (κ1) is 12.9. The van der Waals surface area contributed by atoms with E-state index < -0.39 is 45.3 Å². The molecule has 0 saturated carbocycles. The second kappa shape index (κ2) is 4.38. The molecule has 1 rings (SSSR count). The van der Waals surface area contributed by atoms with Gasteiger partial charge in [-0.2, -0.15) is 0 Å². The van der Waals surface area contributed by atoms with Gasteiger partial charge in [-0.15, -0.1) is 0 Å². The summed E-state index contributed by atoms with van der Waals surface area (Å²) in [4.78, 5) is 10.4. The van der Waals surface area contributed by atoms with Crippen molar-refractivity contribution in [2.45, 2.75) is 6.04 Å². The summed E-state index contributed by atoms with van der Waals surface area (Å²) in [7, 11) is 0. The summed E-state index contributed by atoms with van der Waals surface area (Å²) in [5.41, 5.74) is 3.54. The van der Waals surface area contributed by atoms with Gasteiger partial charge in [0.2, 0.25) is 0 Å². The number of carboxylic acids is 1. The molecule has 0 fully saturated rings. The zero-order chi connectivity index (χ0) is 12.6. The van der Waals surface area contributed by atoms with E-state index in [-0.39, 0.29) is 0 Å². The third kappa shape index (κ3) is 1.90. The molecule has 3 nitrogen and oxygen atoms in total. The maximum atomic E-state index is 13.2. The summed E-state index contributed by atoms with van der Waals surface area (Å²) < 4.78 is 51.2. The minimum absolute atomic E-state index is 1.05. The molecule has 0 radical (unpaired) electrons. The van der Waals surface area contributed by atoms with Crippen molar-refractivity contribution in [3.63, 3.8) is 0 Å². The summed E-state index contributed by atoms with van der Waals surface area (Å²) >= 11 is 2.28. The van der Waals surface area contributed by atoms with E-state index in [0.717, 1.165) is 0 Å². The van der Waals surface area contributed by atoms with Gasteiger partial charge >= 0.3 is 5.97 Å². The maximum Gasteiger partial charge on any atom is 0.325 e. The Kier molecular flexibility index (Phi) is 3.54. The summed E-state index contributed by atoms with van der Waals surface area (Å²) in [5.74, 6) is -8.93. The van der Waals surface area contributed by atoms with Gasteiger partial charge in [-0.25, -0.2) is 17.6 Å². The molecule has 0 aliphatic heterocycles. The number of hydrogen-bond acceptors (Lipinski definition) is 2. The number of halogens is 5. The summed E-state index contributed by atoms with van der Waals surface area (Å²) in [6.45, 7) is 0. The molecule has 0 saturated heterocycles. The second-order valence-corrected chi connectivity index (χ2v) is 3.59. The van der Waals surface area contributed by atoms with Crippen LogP contribution in [0.15, 0.2) is 4.47 Å². The molecule has 88 valence electrons. The van der Waals surface area contributed by atoms with Crippen LogP contribution in [0, 0.1) is 23.3 Å². The molecule has 8 heteroatoms. The van der Waals surface area contributed by atoms with Crippen LogP contribution in [0.25, 0.3) is 0 Å². The number of hydrogen-bond donors (Lipinski definition) is 2. The van der Waals surface area contributed by atoms with Crippen molar-refractivity contribution in [2.24, 2.45) is 5.73 Å². The van der Waals surface area contributed by atoms with Crippen molar-refractivity contribution in [3.8, 4) is 0 Å². The van der Waals surface area contributed by atoms with E-state index in [1.165, 1.54) is 0 Å². The van der Waals surface area contributed by atoms with E-state index >= 15 is 0 Å². The first-order valence-electron chi connectivity index (χ1n) is 3.78. The Morgan fingerprint density at radius 3 is 1.81 bits per heavy atom. The van der Waals surface area contributed by atoms with Gasteiger partial charge in [0.15, 0.2) is 23.3 Å². The minimum atomic E-state index is -2.18. The van der Waals surface area contributed by atoms with Crippen molar-refractivity contribution in [3.05, 3.63) is 33.3 Å². The Morgan fingerprint density at radius 1 is 1.12 bits per heavy atom. The largest absolute Gasteiger partial charge is 0.480 e. The van der Waals surface area contributed by atoms with E-state index in [2.05, 4.69) is 15.9 Å². The Bertz CT molecular complexity index is 437. The highest BCUT2D eigenvalue weighted by atomic mass is 79.9. The summed E-state index contributed by atoms with van der Waals surface area (Å²) in [5, 5.41) is 8.42. The highest BCUT2D eigenvalue weighted by Gasteiger charge is 2.30. The van der Waals surface area contributed by atoms with Crippen LogP contribution in [0.5, 0.6) is 0 Å². The lowest BCUT2D eigenvalue weighted by molar-refractivity contribution is -0.138. The molecule has 0 spiro atoms. The molecule has 0 amide bonds. The predicted octanol–water partition coefficient (Wildman–Crippen LogP) is 2.09. The number of rotatable bonds is 2. The lowest BCUT2D eigenvalue weighted by Gasteiger charge is -2.11. The van der Waals surface area contributed by atoms with Crippen molar-refractivity contribution in [2.75, 3.05) is 0 Å². The molecule has 1 unspecified atom stereocenters. The van der Waals surface area contributed by atoms with E-state index in [4.69, 9.17) is 10.8 Å². The molecule has 3 N–H and O–H groups in total. The van der Waals surface area contributed by atoms with Crippen LogP contribution in [0.2, 0.25) is 0 Å². The molecule has 16 heavy (non-hydrogen) atoms. The van der Waals surface area contributed by atoms with Crippen LogP contribution >= 0.6 is 15.9 Å². The number of nitrogens with two attached hydrogens (primary N) is 1. The Labute approximate surface area is 95.0 Å². The fourth-order valence-corrected chi connectivity index (χ4v) is 1.37. The van der Waals surface area contributed by atoms with Crippen LogP contribution in [-0.2, 0) is 4.79 Å².